The highest BCUT2D eigenvalue weighted by molar-refractivity contribution is 5.18. The van der Waals surface area contributed by atoms with E-state index in [0.29, 0.717) is 0 Å². The summed E-state index contributed by atoms with van der Waals surface area (Å²) < 4.78 is 0. The van der Waals surface area contributed by atoms with Gasteiger partial charge in [0.2, 0.25) is 0 Å². The van der Waals surface area contributed by atoms with Crippen LogP contribution < -0.4 is 9.80 Å². The fourth-order valence-electron chi connectivity index (χ4n) is 5.36. The summed E-state index contributed by atoms with van der Waals surface area (Å²) in [6.45, 7) is 7.40. The number of quaternary nitrogens is 2. The number of allylic oxidation sites excluding steroid dienone is 8. The van der Waals surface area contributed by atoms with Crippen LogP contribution in [0.3, 0.4) is 0 Å². The fourth-order valence-corrected chi connectivity index (χ4v) is 5.36. The second kappa shape index (κ2) is 16.1. The summed E-state index contributed by atoms with van der Waals surface area (Å²) in [5.41, 5.74) is 3.16. The van der Waals surface area contributed by atoms with E-state index in [1.807, 2.05) is 0 Å². The first-order valence-corrected chi connectivity index (χ1v) is 14.0. The van der Waals surface area contributed by atoms with Gasteiger partial charge in [0, 0.05) is 11.5 Å². The normalized spacial score (nSPS) is 29.3. The van der Waals surface area contributed by atoms with E-state index in [1.54, 1.807) is 15.4 Å². The number of fused-ring (bicyclic) bond motifs is 3. The molecule has 3 aliphatic heterocycles. The van der Waals surface area contributed by atoms with Crippen molar-refractivity contribution in [3.63, 3.8) is 0 Å². The Bertz CT molecular complexity index is 721. The van der Waals surface area contributed by atoms with Gasteiger partial charge in [-0.3, -0.25) is 0 Å². The molecule has 2 N–H and O–H groups in total. The monoisotopic (exact) mass is 450 g/mol. The van der Waals surface area contributed by atoms with Gasteiger partial charge in [-0.05, 0) is 88.4 Å². The maximum absolute atomic E-state index is 2.51. The number of hydrogen-bond donors (Lipinski definition) is 2. The van der Waals surface area contributed by atoms with E-state index in [9.17, 15) is 0 Å². The quantitative estimate of drug-likeness (QED) is 0.451. The summed E-state index contributed by atoms with van der Waals surface area (Å²) in [4.78, 5) is 3.30. The Labute approximate surface area is 204 Å². The Morgan fingerprint density at radius 3 is 2.39 bits per heavy atom. The van der Waals surface area contributed by atoms with Gasteiger partial charge in [0.1, 0.15) is 13.1 Å². The molecular formula is C31H50N2+2. The summed E-state index contributed by atoms with van der Waals surface area (Å²) in [6.07, 6.45) is 40.8. The lowest BCUT2D eigenvalue weighted by atomic mass is 10.0. The molecule has 4 bridgehead atoms. The SMILES string of the molecule is CC1CCCCC=CCCC2=CC=C[NH+](CCCCCCC=CCCC3=C[NH+](CC=C3)C1)C2. The minimum Gasteiger partial charge on any atom is -0.305 e. The van der Waals surface area contributed by atoms with Gasteiger partial charge in [-0.15, -0.1) is 0 Å². The molecule has 0 aliphatic carbocycles. The second-order valence-electron chi connectivity index (χ2n) is 10.6. The number of hydrogen-bond acceptors (Lipinski definition) is 0. The van der Waals surface area contributed by atoms with E-state index in [4.69, 9.17) is 0 Å². The van der Waals surface area contributed by atoms with Crippen molar-refractivity contribution in [2.75, 3.05) is 26.2 Å². The molecule has 2 heteroatoms. The van der Waals surface area contributed by atoms with Crippen molar-refractivity contribution in [2.24, 2.45) is 5.92 Å². The highest BCUT2D eigenvalue weighted by Crippen LogP contribution is 2.12. The molecule has 0 aromatic rings. The zero-order valence-corrected chi connectivity index (χ0v) is 21.4. The summed E-state index contributed by atoms with van der Waals surface area (Å²) in [6, 6.07) is 0. The van der Waals surface area contributed by atoms with Gasteiger partial charge in [-0.25, -0.2) is 0 Å². The zero-order chi connectivity index (χ0) is 23.0. The molecule has 0 saturated heterocycles. The van der Waals surface area contributed by atoms with Crippen molar-refractivity contribution in [1.29, 1.82) is 0 Å². The van der Waals surface area contributed by atoms with Gasteiger partial charge in [0.15, 0.2) is 0 Å². The first-order valence-electron chi connectivity index (χ1n) is 14.0. The van der Waals surface area contributed by atoms with Crippen LogP contribution in [-0.2, 0) is 0 Å². The van der Waals surface area contributed by atoms with E-state index in [0.717, 1.165) is 12.5 Å². The average Bonchev–Trinajstić information content (AvgIpc) is 2.82. The van der Waals surface area contributed by atoms with Crippen molar-refractivity contribution in [1.82, 2.24) is 0 Å². The number of nitrogens with one attached hydrogen (secondary N) is 2. The topological polar surface area (TPSA) is 8.88 Å². The van der Waals surface area contributed by atoms with Crippen LogP contribution in [0, 0.1) is 5.92 Å². The zero-order valence-electron chi connectivity index (χ0n) is 21.4. The predicted molar refractivity (Wildman–Crippen MR) is 143 cm³/mol. The van der Waals surface area contributed by atoms with E-state index in [1.165, 1.54) is 109 Å². The average molecular weight is 451 g/mol. The summed E-state index contributed by atoms with van der Waals surface area (Å²) in [5, 5.41) is 0. The maximum atomic E-state index is 2.51. The van der Waals surface area contributed by atoms with Gasteiger partial charge in [-0.2, -0.15) is 0 Å². The summed E-state index contributed by atoms with van der Waals surface area (Å²) >= 11 is 0. The Morgan fingerprint density at radius 2 is 1.52 bits per heavy atom. The molecule has 3 aliphatic rings. The molecule has 0 radical (unpaired) electrons. The standard InChI is InChI=1S/C31H48N2/c1-29-18-12-8-5-6-10-13-19-30-21-16-24-32(27-30)23-15-11-7-3-2-4-9-14-20-31-22-17-25-33(26-29)28-31/h4,6,9-10,16-17,21-22,24,28-29H,2-3,5,7-8,11-15,18-20,23,25-27H2,1H3/p+2. The predicted octanol–water partition coefficient (Wildman–Crippen LogP) is 5.50. The Kier molecular flexibility index (Phi) is 12.6. The minimum absolute atomic E-state index is 0.808. The van der Waals surface area contributed by atoms with Crippen LogP contribution in [-0.4, -0.2) is 26.2 Å². The molecule has 3 atom stereocenters. The molecule has 0 aromatic carbocycles. The van der Waals surface area contributed by atoms with Crippen molar-refractivity contribution < 1.29 is 9.80 Å². The third kappa shape index (κ3) is 11.4. The maximum Gasteiger partial charge on any atom is 0.103 e. The molecule has 0 amide bonds. The van der Waals surface area contributed by atoms with E-state index < -0.39 is 0 Å². The van der Waals surface area contributed by atoms with Gasteiger partial charge >= 0.3 is 0 Å². The van der Waals surface area contributed by atoms with Gasteiger partial charge < -0.3 is 9.80 Å². The van der Waals surface area contributed by atoms with Gasteiger partial charge in [0.25, 0.3) is 0 Å². The van der Waals surface area contributed by atoms with Crippen molar-refractivity contribution in [3.8, 4) is 0 Å². The van der Waals surface area contributed by atoms with E-state index in [2.05, 4.69) is 67.9 Å². The third-order valence-corrected chi connectivity index (χ3v) is 7.33. The molecule has 0 fully saturated rings. The van der Waals surface area contributed by atoms with Gasteiger partial charge in [-0.1, -0.05) is 56.2 Å². The Morgan fingerprint density at radius 1 is 0.758 bits per heavy atom. The molecule has 3 unspecified atom stereocenters. The van der Waals surface area contributed by atoms with Crippen LogP contribution in [0.1, 0.15) is 90.4 Å². The summed E-state index contributed by atoms with van der Waals surface area (Å²) in [7, 11) is 0. The van der Waals surface area contributed by atoms with Crippen LogP contribution in [0.4, 0.5) is 0 Å². The fraction of sp³-hybridized carbons (Fsp3) is 0.613. The third-order valence-electron chi connectivity index (χ3n) is 7.33. The van der Waals surface area contributed by atoms with Crippen molar-refractivity contribution in [3.05, 3.63) is 72.2 Å². The molecule has 3 heterocycles. The molecule has 33 heavy (non-hydrogen) atoms. The molecule has 3 rings (SSSR count). The van der Waals surface area contributed by atoms with Crippen LogP contribution in [0.5, 0.6) is 0 Å². The second-order valence-corrected chi connectivity index (χ2v) is 10.6. The van der Waals surface area contributed by atoms with Crippen LogP contribution in [0.2, 0.25) is 0 Å². The highest BCUT2D eigenvalue weighted by atomic mass is 15.1. The summed E-state index contributed by atoms with van der Waals surface area (Å²) in [5.74, 6) is 0.808. The minimum atomic E-state index is 0.808. The lowest BCUT2D eigenvalue weighted by Gasteiger charge is -2.21. The lowest BCUT2D eigenvalue weighted by Crippen LogP contribution is -3.08. The van der Waals surface area contributed by atoms with Gasteiger partial charge in [0.05, 0.1) is 25.5 Å². The first-order chi connectivity index (χ1) is 16.3. The molecule has 0 saturated carbocycles. The number of rotatable bonds is 0. The smallest absolute Gasteiger partial charge is 0.103 e. The molecule has 0 spiro atoms. The van der Waals surface area contributed by atoms with Crippen LogP contribution >= 0.6 is 0 Å². The highest BCUT2D eigenvalue weighted by Gasteiger charge is 2.14. The van der Waals surface area contributed by atoms with Crippen LogP contribution in [0.25, 0.3) is 0 Å². The van der Waals surface area contributed by atoms with E-state index in [-0.39, 0.29) is 0 Å². The Hall–Kier alpha value is -1.64. The largest absolute Gasteiger partial charge is 0.305 e. The molecular weight excluding hydrogens is 400 g/mol. The lowest BCUT2D eigenvalue weighted by molar-refractivity contribution is -0.845. The van der Waals surface area contributed by atoms with E-state index >= 15 is 0 Å². The molecule has 182 valence electrons. The van der Waals surface area contributed by atoms with Crippen molar-refractivity contribution in [2.45, 2.75) is 90.4 Å². The molecule has 0 aromatic heterocycles. The Balaban J connectivity index is 1.45. The molecule has 2 nitrogen and oxygen atoms in total. The first kappa shape index (κ1) is 26.0. The van der Waals surface area contributed by atoms with Crippen LogP contribution in [0.15, 0.2) is 72.2 Å². The van der Waals surface area contributed by atoms with Crippen molar-refractivity contribution >= 4 is 0 Å².